The number of ether oxygens (including phenoxy) is 1. The molecule has 1 heterocycles. The molecule has 0 amide bonds. The van der Waals surface area contributed by atoms with Gasteiger partial charge in [-0.1, -0.05) is 24.6 Å². The highest BCUT2D eigenvalue weighted by Crippen LogP contribution is 2.32. The van der Waals surface area contributed by atoms with Crippen LogP contribution in [0.5, 0.6) is 11.5 Å². The molecule has 2 aromatic rings. The van der Waals surface area contributed by atoms with Crippen LogP contribution >= 0.6 is 27.5 Å². The highest BCUT2D eigenvalue weighted by atomic mass is 79.9. The molecule has 0 bridgehead atoms. The highest BCUT2D eigenvalue weighted by molar-refractivity contribution is 9.10. The van der Waals surface area contributed by atoms with Crippen LogP contribution in [-0.4, -0.2) is 11.5 Å². The Morgan fingerprint density at radius 3 is 2.80 bits per heavy atom. The number of nitrogens with zero attached hydrogens (tertiary/aromatic N) is 1. The molecule has 0 fully saturated rings. The van der Waals surface area contributed by atoms with E-state index in [1.165, 1.54) is 5.56 Å². The Balaban J connectivity index is 2.17. The van der Waals surface area contributed by atoms with E-state index in [1.807, 2.05) is 12.1 Å². The lowest BCUT2D eigenvalue weighted by atomic mass is 10.1. The predicted molar refractivity (Wildman–Crippen MR) is 85.6 cm³/mol. The maximum absolute atomic E-state index is 5.89. The van der Waals surface area contributed by atoms with Crippen molar-refractivity contribution in [3.8, 4) is 11.5 Å². The molecule has 1 aromatic heterocycles. The smallest absolute Gasteiger partial charge is 0.147 e. The van der Waals surface area contributed by atoms with Gasteiger partial charge >= 0.3 is 0 Å². The molecule has 5 heteroatoms. The van der Waals surface area contributed by atoms with Crippen molar-refractivity contribution in [2.45, 2.75) is 19.9 Å². The number of rotatable bonds is 5. The maximum atomic E-state index is 5.89. The van der Waals surface area contributed by atoms with Crippen LogP contribution in [0.15, 0.2) is 41.1 Å². The van der Waals surface area contributed by atoms with Crippen molar-refractivity contribution in [1.29, 1.82) is 0 Å². The molecule has 0 aliphatic carbocycles. The van der Waals surface area contributed by atoms with Gasteiger partial charge in [-0.05, 0) is 47.1 Å². The molecular formula is C15H16BrClN2O. The summed E-state index contributed by atoms with van der Waals surface area (Å²) in [5.74, 6) is 1.35. The first-order valence-corrected chi connectivity index (χ1v) is 7.58. The average molecular weight is 356 g/mol. The monoisotopic (exact) mass is 354 g/mol. The summed E-state index contributed by atoms with van der Waals surface area (Å²) >= 11 is 9.43. The molecule has 3 nitrogen and oxygen atoms in total. The van der Waals surface area contributed by atoms with Gasteiger partial charge < -0.3 is 10.1 Å². The summed E-state index contributed by atoms with van der Waals surface area (Å²) in [6, 6.07) is 8.08. The van der Waals surface area contributed by atoms with E-state index in [0.29, 0.717) is 16.8 Å². The van der Waals surface area contributed by atoms with E-state index in [-0.39, 0.29) is 0 Å². The maximum Gasteiger partial charge on any atom is 0.147 e. The first kappa shape index (κ1) is 15.3. The fourth-order valence-corrected chi connectivity index (χ4v) is 2.51. The average Bonchev–Trinajstić information content (AvgIpc) is 2.41. The van der Waals surface area contributed by atoms with Crippen LogP contribution in [0.2, 0.25) is 5.02 Å². The number of pyridine rings is 1. The predicted octanol–water partition coefficient (Wildman–Crippen LogP) is 4.96. The van der Waals surface area contributed by atoms with Gasteiger partial charge in [-0.3, -0.25) is 4.98 Å². The summed E-state index contributed by atoms with van der Waals surface area (Å²) in [6.07, 6.45) is 3.21. The molecular weight excluding hydrogens is 340 g/mol. The molecule has 2 rings (SSSR count). The minimum absolute atomic E-state index is 0.304. The van der Waals surface area contributed by atoms with E-state index in [4.69, 9.17) is 16.3 Å². The van der Waals surface area contributed by atoms with Crippen molar-refractivity contribution in [3.05, 3.63) is 51.7 Å². The number of aromatic nitrogens is 1. The third-order valence-electron chi connectivity index (χ3n) is 2.87. The van der Waals surface area contributed by atoms with Gasteiger partial charge in [0.15, 0.2) is 0 Å². The molecule has 1 N–H and O–H groups in total. The number of hydrogen-bond acceptors (Lipinski definition) is 3. The standard InChI is InChI=1S/C15H16BrClN2O/c1-3-19-10(2)11-4-5-15(14(16)6-11)20-13-7-12(17)8-18-9-13/h4-10,19H,3H2,1-2H3. The van der Waals surface area contributed by atoms with Crippen molar-refractivity contribution >= 4 is 27.5 Å². The quantitative estimate of drug-likeness (QED) is 0.823. The number of hydrogen-bond donors (Lipinski definition) is 1. The minimum Gasteiger partial charge on any atom is -0.455 e. The molecule has 0 spiro atoms. The van der Waals surface area contributed by atoms with E-state index in [1.54, 1.807) is 18.5 Å². The van der Waals surface area contributed by atoms with Gasteiger partial charge in [-0.15, -0.1) is 0 Å². The van der Waals surface area contributed by atoms with E-state index < -0.39 is 0 Å². The molecule has 1 atom stereocenters. The second kappa shape index (κ2) is 7.07. The van der Waals surface area contributed by atoms with Crippen LogP contribution in [-0.2, 0) is 0 Å². The van der Waals surface area contributed by atoms with Crippen LogP contribution in [0.25, 0.3) is 0 Å². The van der Waals surface area contributed by atoms with Crippen LogP contribution < -0.4 is 10.1 Å². The SMILES string of the molecule is CCNC(C)c1ccc(Oc2cncc(Cl)c2)c(Br)c1. The van der Waals surface area contributed by atoms with Crippen molar-refractivity contribution in [2.24, 2.45) is 0 Å². The Hall–Kier alpha value is -1.10. The van der Waals surface area contributed by atoms with Crippen LogP contribution in [0.3, 0.4) is 0 Å². The van der Waals surface area contributed by atoms with Crippen LogP contribution in [0.1, 0.15) is 25.5 Å². The summed E-state index contributed by atoms with van der Waals surface area (Å²) in [6.45, 7) is 5.16. The zero-order chi connectivity index (χ0) is 14.5. The lowest BCUT2D eigenvalue weighted by molar-refractivity contribution is 0.476. The zero-order valence-corrected chi connectivity index (χ0v) is 13.7. The van der Waals surface area contributed by atoms with E-state index in [2.05, 4.69) is 46.1 Å². The van der Waals surface area contributed by atoms with Crippen LogP contribution in [0.4, 0.5) is 0 Å². The third kappa shape index (κ3) is 3.95. The molecule has 20 heavy (non-hydrogen) atoms. The Morgan fingerprint density at radius 1 is 1.35 bits per heavy atom. The van der Waals surface area contributed by atoms with Gasteiger partial charge in [0.1, 0.15) is 11.5 Å². The van der Waals surface area contributed by atoms with Crippen molar-refractivity contribution in [3.63, 3.8) is 0 Å². The molecule has 1 aromatic carbocycles. The fraction of sp³-hybridized carbons (Fsp3) is 0.267. The van der Waals surface area contributed by atoms with Gasteiger partial charge in [-0.25, -0.2) is 0 Å². The van der Waals surface area contributed by atoms with Crippen molar-refractivity contribution in [1.82, 2.24) is 10.3 Å². The third-order valence-corrected chi connectivity index (χ3v) is 3.70. The molecule has 0 radical (unpaired) electrons. The zero-order valence-electron chi connectivity index (χ0n) is 11.4. The summed E-state index contributed by atoms with van der Waals surface area (Å²) in [4.78, 5) is 4.00. The van der Waals surface area contributed by atoms with Gasteiger partial charge in [0.2, 0.25) is 0 Å². The van der Waals surface area contributed by atoms with E-state index in [9.17, 15) is 0 Å². The molecule has 0 saturated heterocycles. The molecule has 0 saturated carbocycles. The Bertz CT molecular complexity index is 592. The summed E-state index contributed by atoms with van der Waals surface area (Å²) < 4.78 is 6.67. The Kier molecular flexibility index (Phi) is 5.40. The largest absolute Gasteiger partial charge is 0.455 e. The van der Waals surface area contributed by atoms with Gasteiger partial charge in [-0.2, -0.15) is 0 Å². The van der Waals surface area contributed by atoms with Gasteiger partial charge in [0.25, 0.3) is 0 Å². The first-order chi connectivity index (χ1) is 9.60. The van der Waals surface area contributed by atoms with Gasteiger partial charge in [0.05, 0.1) is 15.7 Å². The second-order valence-electron chi connectivity index (χ2n) is 4.41. The van der Waals surface area contributed by atoms with E-state index >= 15 is 0 Å². The summed E-state index contributed by atoms with van der Waals surface area (Å²) in [5.41, 5.74) is 1.20. The lowest BCUT2D eigenvalue weighted by Crippen LogP contribution is -2.17. The second-order valence-corrected chi connectivity index (χ2v) is 5.70. The van der Waals surface area contributed by atoms with Crippen LogP contribution in [0, 0.1) is 0 Å². The fourth-order valence-electron chi connectivity index (χ4n) is 1.87. The molecule has 0 aliphatic heterocycles. The topological polar surface area (TPSA) is 34.1 Å². The summed E-state index contributed by atoms with van der Waals surface area (Å²) in [7, 11) is 0. The molecule has 106 valence electrons. The Labute approximate surface area is 132 Å². The lowest BCUT2D eigenvalue weighted by Gasteiger charge is -2.15. The number of benzene rings is 1. The number of halogens is 2. The van der Waals surface area contributed by atoms with Gasteiger partial charge in [0, 0.05) is 18.3 Å². The van der Waals surface area contributed by atoms with E-state index in [0.717, 1.165) is 16.8 Å². The first-order valence-electron chi connectivity index (χ1n) is 6.41. The molecule has 0 aliphatic rings. The van der Waals surface area contributed by atoms with Crippen molar-refractivity contribution in [2.75, 3.05) is 6.54 Å². The van der Waals surface area contributed by atoms with Crippen molar-refractivity contribution < 1.29 is 4.74 Å². The number of nitrogens with one attached hydrogen (secondary N) is 1. The normalized spacial score (nSPS) is 12.2. The minimum atomic E-state index is 0.304. The highest BCUT2D eigenvalue weighted by Gasteiger charge is 2.09. The molecule has 1 unspecified atom stereocenters. The summed E-state index contributed by atoms with van der Waals surface area (Å²) in [5, 5.41) is 3.93. The Morgan fingerprint density at radius 2 is 2.15 bits per heavy atom.